The average Bonchev–Trinajstić information content (AvgIpc) is 3.19. The van der Waals surface area contributed by atoms with Crippen LogP contribution in [0.15, 0.2) is 6.20 Å². The molecule has 3 heterocycles. The molecule has 1 aromatic heterocycles. The first kappa shape index (κ1) is 19.5. The maximum absolute atomic E-state index is 11.9. The SMILES string of the molecule is Cc1ncc(COC(=O)CCCC[C@@H]2SC[C@@H]3NC(=O)N[C@@H]32)c(C=O)c1O. The molecular formula is C18H23N3O5S. The first-order chi connectivity index (χ1) is 13.0. The zero-order chi connectivity index (χ0) is 19.4. The predicted molar refractivity (Wildman–Crippen MR) is 99.8 cm³/mol. The number of aromatic nitrogens is 1. The molecule has 3 N–H and O–H groups in total. The molecule has 1 aromatic rings. The van der Waals surface area contributed by atoms with Crippen molar-refractivity contribution in [1.29, 1.82) is 0 Å². The molecule has 2 aliphatic rings. The quantitative estimate of drug-likeness (QED) is 0.266. The van der Waals surface area contributed by atoms with Crippen LogP contribution in [0.5, 0.6) is 5.75 Å². The summed E-state index contributed by atoms with van der Waals surface area (Å²) in [5.41, 5.74) is 0.850. The third-order valence-electron chi connectivity index (χ3n) is 4.92. The van der Waals surface area contributed by atoms with Gasteiger partial charge in [-0.15, -0.1) is 0 Å². The Morgan fingerprint density at radius 1 is 1.44 bits per heavy atom. The number of ether oxygens (including phenoxy) is 1. The molecule has 0 aromatic carbocycles. The monoisotopic (exact) mass is 393 g/mol. The lowest BCUT2D eigenvalue weighted by Gasteiger charge is -2.16. The van der Waals surface area contributed by atoms with Crippen LogP contribution in [0, 0.1) is 6.92 Å². The van der Waals surface area contributed by atoms with Crippen LogP contribution in [0.4, 0.5) is 4.79 Å². The summed E-state index contributed by atoms with van der Waals surface area (Å²) in [5, 5.41) is 16.1. The van der Waals surface area contributed by atoms with Gasteiger partial charge < -0.3 is 20.5 Å². The summed E-state index contributed by atoms with van der Waals surface area (Å²) < 4.78 is 5.20. The van der Waals surface area contributed by atoms with Crippen LogP contribution in [0.3, 0.4) is 0 Å². The lowest BCUT2D eigenvalue weighted by atomic mass is 10.0. The highest BCUT2D eigenvalue weighted by molar-refractivity contribution is 8.00. The number of nitrogens with one attached hydrogen (secondary N) is 2. The molecule has 3 atom stereocenters. The maximum atomic E-state index is 11.9. The highest BCUT2D eigenvalue weighted by Crippen LogP contribution is 2.33. The fourth-order valence-electron chi connectivity index (χ4n) is 3.39. The van der Waals surface area contributed by atoms with Crippen molar-refractivity contribution < 1.29 is 24.2 Å². The number of esters is 1. The first-order valence-electron chi connectivity index (χ1n) is 8.96. The van der Waals surface area contributed by atoms with E-state index in [-0.39, 0.29) is 48.4 Å². The molecule has 2 amide bonds. The van der Waals surface area contributed by atoms with Gasteiger partial charge in [0.1, 0.15) is 12.4 Å². The van der Waals surface area contributed by atoms with Crippen molar-refractivity contribution >= 4 is 30.0 Å². The Bertz CT molecular complexity index is 742. The van der Waals surface area contributed by atoms with Crippen LogP contribution in [0.2, 0.25) is 0 Å². The molecule has 0 bridgehead atoms. The van der Waals surface area contributed by atoms with E-state index in [9.17, 15) is 19.5 Å². The number of hydrogen-bond acceptors (Lipinski definition) is 7. The van der Waals surface area contributed by atoms with Crippen LogP contribution < -0.4 is 10.6 Å². The lowest BCUT2D eigenvalue weighted by molar-refractivity contribution is -0.145. The minimum atomic E-state index is -0.347. The van der Waals surface area contributed by atoms with Gasteiger partial charge >= 0.3 is 12.0 Å². The number of aldehydes is 1. The van der Waals surface area contributed by atoms with Gasteiger partial charge in [0.05, 0.1) is 23.3 Å². The number of hydrogen-bond donors (Lipinski definition) is 3. The predicted octanol–water partition coefficient (Wildman–Crippen LogP) is 1.68. The van der Waals surface area contributed by atoms with Gasteiger partial charge in [-0.3, -0.25) is 14.6 Å². The summed E-state index contributed by atoms with van der Waals surface area (Å²) in [6.45, 7) is 1.50. The highest BCUT2D eigenvalue weighted by Gasteiger charge is 2.42. The summed E-state index contributed by atoms with van der Waals surface area (Å²) in [5.74, 6) is 0.395. The second kappa shape index (κ2) is 8.60. The van der Waals surface area contributed by atoms with Crippen LogP contribution >= 0.6 is 11.8 Å². The van der Waals surface area contributed by atoms with E-state index in [1.807, 2.05) is 11.8 Å². The maximum Gasteiger partial charge on any atom is 0.315 e. The van der Waals surface area contributed by atoms with Crippen molar-refractivity contribution in [3.05, 3.63) is 23.0 Å². The van der Waals surface area contributed by atoms with E-state index >= 15 is 0 Å². The fraction of sp³-hybridized carbons (Fsp3) is 0.556. The largest absolute Gasteiger partial charge is 0.505 e. The molecule has 0 aliphatic carbocycles. The van der Waals surface area contributed by atoms with E-state index in [1.165, 1.54) is 6.20 Å². The Morgan fingerprint density at radius 3 is 3.04 bits per heavy atom. The minimum absolute atomic E-state index is 0.0896. The van der Waals surface area contributed by atoms with Gasteiger partial charge in [0, 0.05) is 29.2 Å². The smallest absolute Gasteiger partial charge is 0.315 e. The standard InChI is InChI=1S/C18H23N3O5S/c1-10-17(24)12(7-22)11(6-19-10)8-26-15(23)5-3-2-4-14-16-13(9-27-14)20-18(25)21-16/h6-7,13-14,16,24H,2-5,8-9H2,1H3,(H2,20,21,25)/t13-,14-,16-/m0/s1. The Balaban J connectivity index is 1.38. The number of thioether (sulfide) groups is 1. The molecule has 27 heavy (non-hydrogen) atoms. The number of urea groups is 1. The highest BCUT2D eigenvalue weighted by atomic mass is 32.2. The van der Waals surface area contributed by atoms with Crippen LogP contribution in [0.25, 0.3) is 0 Å². The summed E-state index contributed by atoms with van der Waals surface area (Å²) >= 11 is 1.85. The van der Waals surface area contributed by atoms with Crippen molar-refractivity contribution in [3.63, 3.8) is 0 Å². The van der Waals surface area contributed by atoms with E-state index < -0.39 is 0 Å². The van der Waals surface area contributed by atoms with E-state index in [4.69, 9.17) is 4.74 Å². The second-order valence-electron chi connectivity index (χ2n) is 6.78. The number of aryl methyl sites for hydroxylation is 1. The molecular weight excluding hydrogens is 370 g/mol. The van der Waals surface area contributed by atoms with Gasteiger partial charge in [-0.2, -0.15) is 11.8 Å². The Kier molecular flexibility index (Phi) is 6.20. The van der Waals surface area contributed by atoms with Crippen LogP contribution in [-0.4, -0.2) is 51.5 Å². The van der Waals surface area contributed by atoms with E-state index in [0.29, 0.717) is 29.2 Å². The van der Waals surface area contributed by atoms with E-state index in [1.54, 1.807) is 6.92 Å². The second-order valence-corrected chi connectivity index (χ2v) is 8.05. The van der Waals surface area contributed by atoms with Crippen molar-refractivity contribution in [2.24, 2.45) is 0 Å². The minimum Gasteiger partial charge on any atom is -0.505 e. The summed E-state index contributed by atoms with van der Waals surface area (Å²) in [4.78, 5) is 38.4. The Hall–Kier alpha value is -2.29. The number of amides is 2. The molecule has 146 valence electrons. The number of carbonyl (C=O) groups is 3. The molecule has 2 fully saturated rings. The van der Waals surface area contributed by atoms with E-state index in [0.717, 1.165) is 18.6 Å². The summed E-state index contributed by atoms with van der Waals surface area (Å²) in [6.07, 6.45) is 4.77. The average molecular weight is 393 g/mol. The molecule has 0 spiro atoms. The summed E-state index contributed by atoms with van der Waals surface area (Å²) in [6, 6.07) is 0.298. The molecule has 9 heteroatoms. The van der Waals surface area contributed by atoms with Gasteiger partial charge in [-0.25, -0.2) is 4.79 Å². The third kappa shape index (κ3) is 4.52. The van der Waals surface area contributed by atoms with Gasteiger partial charge in [-0.05, 0) is 19.8 Å². The number of nitrogens with zero attached hydrogens (tertiary/aromatic N) is 1. The first-order valence-corrected chi connectivity index (χ1v) is 10.0. The van der Waals surface area contributed by atoms with Gasteiger partial charge in [0.2, 0.25) is 0 Å². The Morgan fingerprint density at radius 2 is 2.26 bits per heavy atom. The Labute approximate surface area is 161 Å². The molecule has 2 saturated heterocycles. The molecule has 0 saturated carbocycles. The van der Waals surface area contributed by atoms with E-state index in [2.05, 4.69) is 15.6 Å². The number of aromatic hydroxyl groups is 1. The van der Waals surface area contributed by atoms with Gasteiger partial charge in [0.15, 0.2) is 6.29 Å². The number of unbranched alkanes of at least 4 members (excludes halogenated alkanes) is 1. The third-order valence-corrected chi connectivity index (χ3v) is 6.43. The van der Waals surface area contributed by atoms with Crippen molar-refractivity contribution in [3.8, 4) is 5.75 Å². The zero-order valence-corrected chi connectivity index (χ0v) is 15.9. The normalized spacial score (nSPS) is 23.4. The molecule has 0 unspecified atom stereocenters. The van der Waals surface area contributed by atoms with Crippen LogP contribution in [0.1, 0.15) is 47.3 Å². The molecule has 8 nitrogen and oxygen atoms in total. The van der Waals surface area contributed by atoms with Crippen LogP contribution in [-0.2, 0) is 16.1 Å². The number of rotatable bonds is 8. The summed E-state index contributed by atoms with van der Waals surface area (Å²) in [7, 11) is 0. The zero-order valence-electron chi connectivity index (χ0n) is 15.1. The number of pyridine rings is 1. The molecule has 2 aliphatic heterocycles. The number of carbonyl (C=O) groups excluding carboxylic acids is 3. The van der Waals surface area contributed by atoms with Crippen molar-refractivity contribution in [1.82, 2.24) is 15.6 Å². The fourth-order valence-corrected chi connectivity index (χ4v) is 4.93. The number of fused-ring (bicyclic) bond motifs is 1. The molecule has 0 radical (unpaired) electrons. The van der Waals surface area contributed by atoms with Gasteiger partial charge in [-0.1, -0.05) is 6.42 Å². The lowest BCUT2D eigenvalue weighted by Crippen LogP contribution is -2.36. The van der Waals surface area contributed by atoms with Crippen molar-refractivity contribution in [2.45, 2.75) is 56.5 Å². The topological polar surface area (TPSA) is 118 Å². The molecule has 3 rings (SSSR count). The van der Waals surface area contributed by atoms with Crippen molar-refractivity contribution in [2.75, 3.05) is 5.75 Å². The van der Waals surface area contributed by atoms with Gasteiger partial charge in [0.25, 0.3) is 0 Å².